The van der Waals surface area contributed by atoms with E-state index >= 15 is 0 Å². The predicted molar refractivity (Wildman–Crippen MR) is 130 cm³/mol. The number of carbonyl (C=O) groups excluding carboxylic acids is 3. The summed E-state index contributed by atoms with van der Waals surface area (Å²) in [6.07, 6.45) is 4.88. The highest BCUT2D eigenvalue weighted by molar-refractivity contribution is 5.97. The lowest BCUT2D eigenvalue weighted by Gasteiger charge is -2.46. The Balaban J connectivity index is 1.81. The largest absolute Gasteiger partial charge is 0.508 e. The highest BCUT2D eigenvalue weighted by atomic mass is 16.6. The first kappa shape index (κ1) is 24.9. The van der Waals surface area contributed by atoms with Gasteiger partial charge in [0.2, 0.25) is 5.60 Å². The van der Waals surface area contributed by atoms with Crippen LogP contribution in [0.2, 0.25) is 0 Å². The first-order valence-corrected chi connectivity index (χ1v) is 12.1. The molecule has 0 aromatic heterocycles. The first-order chi connectivity index (χ1) is 16.6. The normalized spacial score (nSPS) is 36.1. The van der Waals surface area contributed by atoms with Crippen molar-refractivity contribution < 1.29 is 29.3 Å². The van der Waals surface area contributed by atoms with Gasteiger partial charge in [-0.3, -0.25) is 14.4 Å². The van der Waals surface area contributed by atoms with Gasteiger partial charge in [-0.25, -0.2) is 0 Å². The van der Waals surface area contributed by atoms with Crippen molar-refractivity contribution in [2.75, 3.05) is 0 Å². The molecular formula is C28H33NO6. The summed E-state index contributed by atoms with van der Waals surface area (Å²) in [5, 5.41) is 24.0. The number of phenols is 1. The third-order valence-corrected chi connectivity index (χ3v) is 7.82. The fourth-order valence-corrected chi connectivity index (χ4v) is 5.74. The quantitative estimate of drug-likeness (QED) is 0.444. The molecule has 2 aliphatic heterocycles. The SMILES string of the molecule is CC1=C(C)[C@@H](O)[C@@H]2/C=C/C[C@H](C)C(=O)/C(C)=C/CC(=O)O[C@]23C(=O)N[C@@H](Cc2ccc(O)cc2)C13. The number of aliphatic hydroxyl groups is 1. The van der Waals surface area contributed by atoms with E-state index in [1.165, 1.54) is 0 Å². The third-order valence-electron chi connectivity index (χ3n) is 7.82. The van der Waals surface area contributed by atoms with Crippen molar-refractivity contribution in [1.82, 2.24) is 5.32 Å². The van der Waals surface area contributed by atoms with Crippen LogP contribution >= 0.6 is 0 Å². The molecule has 186 valence electrons. The molecule has 1 aromatic rings. The highest BCUT2D eigenvalue weighted by Gasteiger charge is 2.66. The number of Topliss-reactive ketones (excluding diaryl/α,β-unsaturated/α-hetero) is 1. The van der Waals surface area contributed by atoms with E-state index in [1.54, 1.807) is 43.3 Å². The number of phenolic OH excluding ortho intramolecular Hbond substituents is 1. The van der Waals surface area contributed by atoms with Crippen LogP contribution < -0.4 is 5.32 Å². The Hall–Kier alpha value is -3.19. The van der Waals surface area contributed by atoms with Gasteiger partial charge in [-0.2, -0.15) is 0 Å². The summed E-state index contributed by atoms with van der Waals surface area (Å²) >= 11 is 0. The summed E-state index contributed by atoms with van der Waals surface area (Å²) in [6, 6.07) is 6.42. The van der Waals surface area contributed by atoms with E-state index in [0.29, 0.717) is 18.4 Å². The molecule has 1 amide bonds. The number of amides is 1. The van der Waals surface area contributed by atoms with Crippen LogP contribution in [0.25, 0.3) is 0 Å². The van der Waals surface area contributed by atoms with Crippen LogP contribution in [-0.2, 0) is 25.5 Å². The van der Waals surface area contributed by atoms with Crippen molar-refractivity contribution in [3.05, 3.63) is 64.8 Å². The molecular weight excluding hydrogens is 446 g/mol. The number of nitrogens with one attached hydrogen (secondary N) is 1. The van der Waals surface area contributed by atoms with Crippen LogP contribution in [0.4, 0.5) is 0 Å². The minimum atomic E-state index is -1.60. The lowest BCUT2D eigenvalue weighted by atomic mass is 9.63. The van der Waals surface area contributed by atoms with Gasteiger partial charge in [0, 0.05) is 12.0 Å². The average Bonchev–Trinajstić information content (AvgIpc) is 3.09. The van der Waals surface area contributed by atoms with Crippen LogP contribution in [-0.4, -0.2) is 45.6 Å². The summed E-state index contributed by atoms with van der Waals surface area (Å²) in [7, 11) is 0. The maximum atomic E-state index is 13.7. The summed E-state index contributed by atoms with van der Waals surface area (Å²) in [5.41, 5.74) is 1.37. The Kier molecular flexibility index (Phi) is 6.73. The van der Waals surface area contributed by atoms with Gasteiger partial charge in [-0.15, -0.1) is 0 Å². The Morgan fingerprint density at radius 2 is 1.77 bits per heavy atom. The van der Waals surface area contributed by atoms with Gasteiger partial charge in [0.1, 0.15) is 5.75 Å². The monoisotopic (exact) mass is 479 g/mol. The van der Waals surface area contributed by atoms with Crippen molar-refractivity contribution in [2.45, 2.75) is 64.7 Å². The van der Waals surface area contributed by atoms with E-state index in [1.807, 2.05) is 26.8 Å². The van der Waals surface area contributed by atoms with Crippen LogP contribution in [0.5, 0.6) is 5.75 Å². The zero-order valence-corrected chi connectivity index (χ0v) is 20.6. The maximum Gasteiger partial charge on any atom is 0.310 e. The summed E-state index contributed by atoms with van der Waals surface area (Å²) in [4.78, 5) is 39.3. The first-order valence-electron chi connectivity index (χ1n) is 12.1. The van der Waals surface area contributed by atoms with E-state index in [9.17, 15) is 24.6 Å². The van der Waals surface area contributed by atoms with Gasteiger partial charge in [-0.1, -0.05) is 42.9 Å². The van der Waals surface area contributed by atoms with Crippen molar-refractivity contribution in [1.29, 1.82) is 0 Å². The standard InChI is InChI=1S/C28H33NO6/c1-15-6-5-7-21-26(33)18(4)17(3)24-22(14-19-9-11-20(30)12-10-19)29-27(34)28(21,24)35-23(31)13-8-16(2)25(15)32/h5,7-12,15,21-22,24,26,30,33H,6,13-14H2,1-4H3,(H,29,34)/b7-5+,16-8+/t15-,21-,22-,24?,26+,28+/m0/s1. The number of hydrogen-bond donors (Lipinski definition) is 3. The maximum absolute atomic E-state index is 13.7. The number of ketones is 1. The van der Waals surface area contributed by atoms with Crippen molar-refractivity contribution in [2.24, 2.45) is 17.8 Å². The number of aliphatic hydroxyl groups excluding tert-OH is 1. The number of benzene rings is 1. The smallest absolute Gasteiger partial charge is 0.310 e. The molecule has 0 radical (unpaired) electrons. The Labute approximate surface area is 205 Å². The second-order valence-electron chi connectivity index (χ2n) is 10.1. The molecule has 6 atom stereocenters. The topological polar surface area (TPSA) is 113 Å². The summed E-state index contributed by atoms with van der Waals surface area (Å²) in [6.45, 7) is 7.23. The molecule has 1 aliphatic carbocycles. The molecule has 1 saturated heterocycles. The van der Waals surface area contributed by atoms with Gasteiger partial charge >= 0.3 is 5.97 Å². The predicted octanol–water partition coefficient (Wildman–Crippen LogP) is 3.16. The van der Waals surface area contributed by atoms with E-state index < -0.39 is 35.4 Å². The molecule has 3 N–H and O–H groups in total. The van der Waals surface area contributed by atoms with Gasteiger partial charge < -0.3 is 20.3 Å². The van der Waals surface area contributed by atoms with Gasteiger partial charge in [0.05, 0.1) is 24.4 Å². The molecule has 1 aromatic carbocycles. The summed E-state index contributed by atoms with van der Waals surface area (Å²) < 4.78 is 6.05. The number of allylic oxidation sites excluding steroid dienone is 2. The van der Waals surface area contributed by atoms with Crippen molar-refractivity contribution >= 4 is 17.7 Å². The number of hydrogen-bond acceptors (Lipinski definition) is 6. The van der Waals surface area contributed by atoms with Crippen LogP contribution in [0.1, 0.15) is 46.1 Å². The van der Waals surface area contributed by atoms with E-state index in [0.717, 1.165) is 16.7 Å². The van der Waals surface area contributed by atoms with E-state index in [4.69, 9.17) is 4.74 Å². The van der Waals surface area contributed by atoms with Crippen LogP contribution in [0.15, 0.2) is 59.2 Å². The second-order valence-corrected chi connectivity index (χ2v) is 10.1. The molecule has 0 saturated carbocycles. The molecule has 1 unspecified atom stereocenters. The second kappa shape index (κ2) is 9.46. The molecule has 7 nitrogen and oxygen atoms in total. The third kappa shape index (κ3) is 4.33. The van der Waals surface area contributed by atoms with Crippen molar-refractivity contribution in [3.63, 3.8) is 0 Å². The lowest BCUT2D eigenvalue weighted by Crippen LogP contribution is -2.59. The molecule has 2 heterocycles. The number of esters is 1. The van der Waals surface area contributed by atoms with Gasteiger partial charge in [-0.05, 0) is 62.5 Å². The molecule has 0 bridgehead atoms. The Bertz CT molecular complexity index is 1130. The van der Waals surface area contributed by atoms with E-state index in [-0.39, 0.29) is 29.9 Å². The number of rotatable bonds is 2. The number of carbonyl (C=O) groups is 3. The molecule has 1 fully saturated rings. The number of ether oxygens (including phenoxy) is 1. The molecule has 1 spiro atoms. The van der Waals surface area contributed by atoms with E-state index in [2.05, 4.69) is 5.32 Å². The minimum Gasteiger partial charge on any atom is -0.508 e. The molecule has 4 rings (SSSR count). The van der Waals surface area contributed by atoms with Crippen LogP contribution in [0.3, 0.4) is 0 Å². The highest BCUT2D eigenvalue weighted by Crippen LogP contribution is 2.50. The fourth-order valence-electron chi connectivity index (χ4n) is 5.74. The van der Waals surface area contributed by atoms with Gasteiger partial charge in [0.15, 0.2) is 5.78 Å². The van der Waals surface area contributed by atoms with Crippen LogP contribution in [0, 0.1) is 17.8 Å². The molecule has 7 heteroatoms. The Morgan fingerprint density at radius 1 is 1.09 bits per heavy atom. The van der Waals surface area contributed by atoms with Gasteiger partial charge in [0.25, 0.3) is 5.91 Å². The lowest BCUT2D eigenvalue weighted by molar-refractivity contribution is -0.179. The number of aromatic hydroxyl groups is 1. The molecule has 3 aliphatic rings. The zero-order valence-electron chi connectivity index (χ0n) is 20.6. The average molecular weight is 480 g/mol. The Morgan fingerprint density at radius 3 is 2.46 bits per heavy atom. The molecule has 35 heavy (non-hydrogen) atoms. The zero-order chi connectivity index (χ0) is 25.5. The fraction of sp³-hybridized carbons (Fsp3) is 0.464. The summed E-state index contributed by atoms with van der Waals surface area (Å²) in [5.74, 6) is -2.50. The van der Waals surface area contributed by atoms with Crippen molar-refractivity contribution in [3.8, 4) is 5.75 Å². The minimum absolute atomic E-state index is 0.0423.